The van der Waals surface area contributed by atoms with Crippen LogP contribution >= 0.6 is 0 Å². The van der Waals surface area contributed by atoms with E-state index in [-0.39, 0.29) is 24.1 Å². The molecule has 0 aromatic carbocycles. The van der Waals surface area contributed by atoms with Crippen molar-refractivity contribution in [3.8, 4) is 6.07 Å². The number of hydrogen-bond donors (Lipinski definition) is 0. The molecule has 1 aliphatic rings. The Labute approximate surface area is 90.8 Å². The molecule has 84 valence electrons. The highest BCUT2D eigenvalue weighted by atomic mass is 16.5. The zero-order valence-electron chi connectivity index (χ0n) is 9.56. The van der Waals surface area contributed by atoms with Crippen LogP contribution in [0.25, 0.3) is 0 Å². The summed E-state index contributed by atoms with van der Waals surface area (Å²) in [6.07, 6.45) is 2.95. The van der Waals surface area contributed by atoms with Crippen LogP contribution < -0.4 is 0 Å². The first-order chi connectivity index (χ1) is 7.11. The summed E-state index contributed by atoms with van der Waals surface area (Å²) in [5.41, 5.74) is 0. The molecule has 0 spiro atoms. The van der Waals surface area contributed by atoms with Gasteiger partial charge in [-0.05, 0) is 33.1 Å². The van der Waals surface area contributed by atoms with Gasteiger partial charge in [0.25, 0.3) is 0 Å². The van der Waals surface area contributed by atoms with Crippen LogP contribution in [0.15, 0.2) is 0 Å². The number of carbonyl (C=O) groups is 1. The van der Waals surface area contributed by atoms with Gasteiger partial charge in [0.15, 0.2) is 0 Å². The number of likely N-dealkylation sites (tertiary alicyclic amines) is 1. The predicted molar refractivity (Wildman–Crippen MR) is 56.0 cm³/mol. The van der Waals surface area contributed by atoms with Crippen LogP contribution in [0.2, 0.25) is 0 Å². The van der Waals surface area contributed by atoms with Crippen molar-refractivity contribution < 1.29 is 9.53 Å². The molecule has 0 aromatic heterocycles. The van der Waals surface area contributed by atoms with E-state index in [1.165, 1.54) is 7.11 Å². The second-order valence-corrected chi connectivity index (χ2v) is 4.07. The SMILES string of the molecule is COC(=O)C(C)N1C(C)CCCC1C#N. The summed E-state index contributed by atoms with van der Waals surface area (Å²) >= 11 is 0. The fourth-order valence-corrected chi connectivity index (χ4v) is 2.29. The lowest BCUT2D eigenvalue weighted by molar-refractivity contribution is -0.148. The van der Waals surface area contributed by atoms with E-state index in [1.807, 2.05) is 4.90 Å². The zero-order valence-corrected chi connectivity index (χ0v) is 9.56. The van der Waals surface area contributed by atoms with Gasteiger partial charge in [-0.3, -0.25) is 9.69 Å². The number of hydrogen-bond acceptors (Lipinski definition) is 4. The van der Waals surface area contributed by atoms with Gasteiger partial charge in [-0.15, -0.1) is 0 Å². The summed E-state index contributed by atoms with van der Waals surface area (Å²) in [5.74, 6) is -0.260. The first-order valence-corrected chi connectivity index (χ1v) is 5.36. The Balaban J connectivity index is 2.78. The Morgan fingerprint density at radius 3 is 2.80 bits per heavy atom. The Bertz CT molecular complexity index is 272. The van der Waals surface area contributed by atoms with Gasteiger partial charge in [-0.2, -0.15) is 5.26 Å². The molecule has 1 saturated heterocycles. The lowest BCUT2D eigenvalue weighted by atomic mass is 9.95. The minimum absolute atomic E-state index is 0.150. The summed E-state index contributed by atoms with van der Waals surface area (Å²) in [4.78, 5) is 13.4. The molecule has 0 bridgehead atoms. The molecule has 1 heterocycles. The fourth-order valence-electron chi connectivity index (χ4n) is 2.29. The number of carbonyl (C=O) groups excluding carboxylic acids is 1. The maximum atomic E-state index is 11.4. The van der Waals surface area contributed by atoms with Gasteiger partial charge in [-0.25, -0.2) is 0 Å². The zero-order chi connectivity index (χ0) is 11.4. The number of ether oxygens (including phenoxy) is 1. The van der Waals surface area contributed by atoms with Gasteiger partial charge in [-0.1, -0.05) is 0 Å². The van der Waals surface area contributed by atoms with Crippen LogP contribution in [-0.4, -0.2) is 36.1 Å². The van der Waals surface area contributed by atoms with Gasteiger partial charge in [0.05, 0.1) is 19.2 Å². The van der Waals surface area contributed by atoms with Crippen LogP contribution in [0.1, 0.15) is 33.1 Å². The topological polar surface area (TPSA) is 53.3 Å². The van der Waals surface area contributed by atoms with Crippen molar-refractivity contribution in [2.45, 2.75) is 51.2 Å². The standard InChI is InChI=1S/C11H18N2O2/c1-8-5-4-6-10(7-12)13(8)9(2)11(14)15-3/h8-10H,4-6H2,1-3H3. The Morgan fingerprint density at radius 1 is 1.60 bits per heavy atom. The van der Waals surface area contributed by atoms with Gasteiger partial charge in [0.1, 0.15) is 6.04 Å². The molecule has 3 atom stereocenters. The van der Waals surface area contributed by atoms with Gasteiger partial charge in [0, 0.05) is 6.04 Å². The van der Waals surface area contributed by atoms with Crippen molar-refractivity contribution in [3.05, 3.63) is 0 Å². The first kappa shape index (κ1) is 12.0. The van der Waals surface area contributed by atoms with Gasteiger partial charge < -0.3 is 4.74 Å². The number of nitriles is 1. The molecule has 0 aromatic rings. The maximum absolute atomic E-state index is 11.4. The van der Waals surface area contributed by atoms with E-state index in [4.69, 9.17) is 10.00 Å². The summed E-state index contributed by atoms with van der Waals surface area (Å²) in [6, 6.07) is 2.06. The summed E-state index contributed by atoms with van der Waals surface area (Å²) in [7, 11) is 1.38. The molecule has 0 radical (unpaired) electrons. The third-order valence-corrected chi connectivity index (χ3v) is 3.11. The average Bonchev–Trinajstić information content (AvgIpc) is 2.26. The minimum atomic E-state index is -0.324. The molecule has 3 unspecified atom stereocenters. The van der Waals surface area contributed by atoms with Gasteiger partial charge >= 0.3 is 5.97 Å². The largest absolute Gasteiger partial charge is 0.468 e. The second kappa shape index (κ2) is 5.13. The molecular weight excluding hydrogens is 192 g/mol. The molecular formula is C11H18N2O2. The van der Waals surface area contributed by atoms with Crippen molar-refractivity contribution >= 4 is 5.97 Å². The summed E-state index contributed by atoms with van der Waals surface area (Å²) in [6.45, 7) is 3.86. The van der Waals surface area contributed by atoms with E-state index in [9.17, 15) is 4.79 Å². The van der Waals surface area contributed by atoms with E-state index in [2.05, 4.69) is 13.0 Å². The number of piperidine rings is 1. The van der Waals surface area contributed by atoms with E-state index in [0.717, 1.165) is 19.3 Å². The average molecular weight is 210 g/mol. The quantitative estimate of drug-likeness (QED) is 0.645. The van der Waals surface area contributed by atoms with E-state index >= 15 is 0 Å². The molecule has 1 rings (SSSR count). The van der Waals surface area contributed by atoms with Crippen molar-refractivity contribution in [2.75, 3.05) is 7.11 Å². The van der Waals surface area contributed by atoms with Crippen LogP contribution in [0.3, 0.4) is 0 Å². The Kier molecular flexibility index (Phi) is 4.10. The highest BCUT2D eigenvalue weighted by molar-refractivity contribution is 5.75. The summed E-state index contributed by atoms with van der Waals surface area (Å²) in [5, 5.41) is 9.04. The molecule has 0 amide bonds. The lowest BCUT2D eigenvalue weighted by Crippen LogP contribution is -2.52. The van der Waals surface area contributed by atoms with Gasteiger partial charge in [0.2, 0.25) is 0 Å². The molecule has 1 aliphatic heterocycles. The van der Waals surface area contributed by atoms with Crippen molar-refractivity contribution in [3.63, 3.8) is 0 Å². The van der Waals surface area contributed by atoms with E-state index < -0.39 is 0 Å². The second-order valence-electron chi connectivity index (χ2n) is 4.07. The van der Waals surface area contributed by atoms with Crippen molar-refractivity contribution in [1.82, 2.24) is 4.90 Å². The number of rotatable bonds is 2. The van der Waals surface area contributed by atoms with E-state index in [0.29, 0.717) is 0 Å². The lowest BCUT2D eigenvalue weighted by Gasteiger charge is -2.39. The molecule has 0 N–H and O–H groups in total. The van der Waals surface area contributed by atoms with Crippen LogP contribution in [0.5, 0.6) is 0 Å². The fraction of sp³-hybridized carbons (Fsp3) is 0.818. The molecule has 0 aliphatic carbocycles. The van der Waals surface area contributed by atoms with Crippen molar-refractivity contribution in [2.24, 2.45) is 0 Å². The maximum Gasteiger partial charge on any atom is 0.322 e. The highest BCUT2D eigenvalue weighted by Crippen LogP contribution is 2.25. The monoisotopic (exact) mass is 210 g/mol. The van der Waals surface area contributed by atoms with Crippen LogP contribution in [0.4, 0.5) is 0 Å². The number of methoxy groups -OCH3 is 1. The first-order valence-electron chi connectivity index (χ1n) is 5.36. The molecule has 0 saturated carbocycles. The third-order valence-electron chi connectivity index (χ3n) is 3.11. The molecule has 15 heavy (non-hydrogen) atoms. The Hall–Kier alpha value is -1.08. The minimum Gasteiger partial charge on any atom is -0.468 e. The summed E-state index contributed by atoms with van der Waals surface area (Å²) < 4.78 is 4.72. The Morgan fingerprint density at radius 2 is 2.27 bits per heavy atom. The highest BCUT2D eigenvalue weighted by Gasteiger charge is 2.34. The predicted octanol–water partition coefficient (Wildman–Crippen LogP) is 1.31. The molecule has 4 nitrogen and oxygen atoms in total. The van der Waals surface area contributed by atoms with E-state index in [1.54, 1.807) is 6.92 Å². The normalized spacial score (nSPS) is 29.2. The van der Waals surface area contributed by atoms with Crippen molar-refractivity contribution in [1.29, 1.82) is 5.26 Å². The number of esters is 1. The smallest absolute Gasteiger partial charge is 0.322 e. The molecule has 1 fully saturated rings. The van der Waals surface area contributed by atoms with Crippen LogP contribution in [0, 0.1) is 11.3 Å². The number of nitrogens with zero attached hydrogens (tertiary/aromatic N) is 2. The molecule has 4 heteroatoms. The third kappa shape index (κ3) is 2.48. The van der Waals surface area contributed by atoms with Crippen LogP contribution in [-0.2, 0) is 9.53 Å².